The summed E-state index contributed by atoms with van der Waals surface area (Å²) >= 11 is 0. The fourth-order valence-electron chi connectivity index (χ4n) is 6.39. The Kier molecular flexibility index (Phi) is 9.19. The van der Waals surface area contributed by atoms with E-state index in [1.54, 1.807) is 30.7 Å². The molecule has 2 fully saturated rings. The molecule has 1 aliphatic carbocycles. The molecule has 3 aromatic heterocycles. The van der Waals surface area contributed by atoms with Crippen molar-refractivity contribution in [2.75, 3.05) is 25.6 Å². The maximum Gasteiger partial charge on any atom is 0.407 e. The molecule has 0 bridgehead atoms. The van der Waals surface area contributed by atoms with Crippen LogP contribution in [0.1, 0.15) is 49.7 Å². The number of anilines is 2. The summed E-state index contributed by atoms with van der Waals surface area (Å²) in [7, 11) is 1.33. The van der Waals surface area contributed by atoms with E-state index in [2.05, 4.69) is 32.6 Å². The number of rotatable bonds is 8. The van der Waals surface area contributed by atoms with E-state index in [9.17, 15) is 4.79 Å². The Morgan fingerprint density at radius 3 is 2.64 bits per heavy atom. The highest BCUT2D eigenvalue weighted by Crippen LogP contribution is 2.39. The third-order valence-electron chi connectivity index (χ3n) is 8.69. The van der Waals surface area contributed by atoms with E-state index in [1.165, 1.54) is 23.8 Å². The van der Waals surface area contributed by atoms with Crippen LogP contribution in [0.2, 0.25) is 0 Å². The molecular formula is C32H37F2N7O4. The summed E-state index contributed by atoms with van der Waals surface area (Å²) in [6.45, 7) is 3.41. The van der Waals surface area contributed by atoms with Crippen LogP contribution in [0.15, 0.2) is 48.9 Å². The molecule has 4 heterocycles. The van der Waals surface area contributed by atoms with Gasteiger partial charge in [-0.15, -0.1) is 0 Å². The van der Waals surface area contributed by atoms with Crippen LogP contribution in [0, 0.1) is 17.6 Å². The quantitative estimate of drug-likeness (QED) is 0.246. The highest BCUT2D eigenvalue weighted by molar-refractivity contribution is 5.68. The van der Waals surface area contributed by atoms with Gasteiger partial charge >= 0.3 is 6.09 Å². The summed E-state index contributed by atoms with van der Waals surface area (Å²) in [5.41, 5.74) is 9.17. The summed E-state index contributed by atoms with van der Waals surface area (Å²) in [6, 6.07) is 7.31. The minimum atomic E-state index is -0.723. The minimum absolute atomic E-state index is 0.0138. The zero-order valence-electron chi connectivity index (χ0n) is 25.2. The number of hydrogen-bond donors (Lipinski definition) is 3. The zero-order valence-corrected chi connectivity index (χ0v) is 25.2. The van der Waals surface area contributed by atoms with E-state index >= 15 is 8.78 Å². The number of halogens is 2. The molecule has 1 aromatic carbocycles. The number of imidazole rings is 1. The Morgan fingerprint density at radius 2 is 1.91 bits per heavy atom. The highest BCUT2D eigenvalue weighted by atomic mass is 19.1. The number of alkyl carbamates (subject to hydrolysis) is 1. The fraction of sp³-hybridized carbons (Fsp3) is 0.438. The van der Waals surface area contributed by atoms with Crippen molar-refractivity contribution < 1.29 is 27.8 Å². The smallest absolute Gasteiger partial charge is 0.407 e. The number of carbonyl (C=O) groups is 1. The van der Waals surface area contributed by atoms with Crippen LogP contribution in [0.25, 0.3) is 16.8 Å². The zero-order chi connectivity index (χ0) is 31.5. The van der Waals surface area contributed by atoms with E-state index in [-0.39, 0.29) is 47.9 Å². The van der Waals surface area contributed by atoms with Gasteiger partial charge in [-0.2, -0.15) is 9.61 Å². The number of fused-ring (bicyclic) bond motifs is 1. The van der Waals surface area contributed by atoms with E-state index in [1.807, 2.05) is 6.07 Å². The van der Waals surface area contributed by atoms with Gasteiger partial charge in [-0.3, -0.25) is 4.98 Å². The van der Waals surface area contributed by atoms with E-state index in [4.69, 9.17) is 19.9 Å². The van der Waals surface area contributed by atoms with Crippen LogP contribution in [-0.4, -0.2) is 64.2 Å². The standard InChI is InChI=1S/C32H37F2N7O4/c1-18-11-20(14-26(35)30(18)39-32(42)43-2)23-5-8-36-16-28(23)38-31-37-15-21-3-4-27(40-41(21)31)29-24(33)12-19(13-25(29)34)17-45-22-6-9-44-10-7-22/h3-5,8,12-13,15-16,18,20,22,26,30H,6-7,9-11,14,17,35H2,1-2H3,(H,37,38)(H,39,42). The summed E-state index contributed by atoms with van der Waals surface area (Å²) in [5.74, 6) is -0.900. The lowest BCUT2D eigenvalue weighted by atomic mass is 9.73. The number of nitrogens with zero attached hydrogens (tertiary/aromatic N) is 4. The van der Waals surface area contributed by atoms with Gasteiger partial charge in [0.15, 0.2) is 0 Å². The minimum Gasteiger partial charge on any atom is -0.453 e. The van der Waals surface area contributed by atoms with Crippen molar-refractivity contribution in [2.24, 2.45) is 11.7 Å². The highest BCUT2D eigenvalue weighted by Gasteiger charge is 2.36. The molecule has 4 N–H and O–H groups in total. The molecule has 0 radical (unpaired) electrons. The number of ether oxygens (including phenoxy) is 3. The lowest BCUT2D eigenvalue weighted by molar-refractivity contribution is -0.0391. The molecule has 2 aliphatic rings. The molecule has 13 heteroatoms. The Balaban J connectivity index is 1.22. The van der Waals surface area contributed by atoms with Gasteiger partial charge in [-0.05, 0) is 79.0 Å². The molecular weight excluding hydrogens is 584 g/mol. The first-order valence-electron chi connectivity index (χ1n) is 15.1. The number of carbonyl (C=O) groups excluding carboxylic acids is 1. The van der Waals surface area contributed by atoms with Crippen LogP contribution in [0.4, 0.5) is 25.2 Å². The molecule has 1 aliphatic heterocycles. The van der Waals surface area contributed by atoms with Crippen LogP contribution >= 0.6 is 0 Å². The Bertz CT molecular complexity index is 1630. The summed E-state index contributed by atoms with van der Waals surface area (Å²) < 4.78 is 48.1. The molecule has 6 rings (SSSR count). The first-order valence-corrected chi connectivity index (χ1v) is 15.1. The summed E-state index contributed by atoms with van der Waals surface area (Å²) in [5, 5.41) is 10.7. The molecule has 4 aromatic rings. The number of aromatic nitrogens is 4. The Labute approximate surface area is 259 Å². The van der Waals surface area contributed by atoms with Crippen LogP contribution in [0.3, 0.4) is 0 Å². The predicted molar refractivity (Wildman–Crippen MR) is 163 cm³/mol. The molecule has 1 amide bonds. The molecule has 45 heavy (non-hydrogen) atoms. The summed E-state index contributed by atoms with van der Waals surface area (Å²) in [6.07, 6.45) is 7.50. The predicted octanol–water partition coefficient (Wildman–Crippen LogP) is 5.07. The van der Waals surface area contributed by atoms with Crippen molar-refractivity contribution in [2.45, 2.75) is 63.3 Å². The van der Waals surface area contributed by atoms with Crippen LogP contribution < -0.4 is 16.4 Å². The molecule has 4 unspecified atom stereocenters. The van der Waals surface area contributed by atoms with Gasteiger partial charge in [-0.25, -0.2) is 18.6 Å². The number of amides is 1. The summed E-state index contributed by atoms with van der Waals surface area (Å²) in [4.78, 5) is 20.6. The van der Waals surface area contributed by atoms with Crippen LogP contribution in [-0.2, 0) is 20.8 Å². The largest absolute Gasteiger partial charge is 0.453 e. The van der Waals surface area contributed by atoms with Crippen molar-refractivity contribution in [3.8, 4) is 11.3 Å². The maximum absolute atomic E-state index is 15.3. The van der Waals surface area contributed by atoms with Gasteiger partial charge in [0.2, 0.25) is 5.95 Å². The first kappa shape index (κ1) is 30.8. The topological polar surface area (TPSA) is 138 Å². The third-order valence-corrected chi connectivity index (χ3v) is 8.69. The van der Waals surface area contributed by atoms with Gasteiger partial charge in [0, 0.05) is 31.5 Å². The number of hydrogen-bond acceptors (Lipinski definition) is 9. The Hall–Kier alpha value is -4.20. The molecule has 1 saturated carbocycles. The van der Waals surface area contributed by atoms with Gasteiger partial charge in [0.05, 0.1) is 54.7 Å². The van der Waals surface area contributed by atoms with E-state index < -0.39 is 17.7 Å². The van der Waals surface area contributed by atoms with Crippen LogP contribution in [0.5, 0.6) is 0 Å². The van der Waals surface area contributed by atoms with Crippen molar-refractivity contribution >= 4 is 23.2 Å². The lowest BCUT2D eigenvalue weighted by Crippen LogP contribution is -2.54. The Morgan fingerprint density at radius 1 is 1.13 bits per heavy atom. The molecule has 0 spiro atoms. The number of benzene rings is 1. The van der Waals surface area contributed by atoms with Gasteiger partial charge in [0.25, 0.3) is 0 Å². The molecule has 1 saturated heterocycles. The number of methoxy groups -OCH3 is 1. The van der Waals surface area contributed by atoms with Crippen molar-refractivity contribution in [3.05, 3.63) is 71.7 Å². The fourth-order valence-corrected chi connectivity index (χ4v) is 6.39. The monoisotopic (exact) mass is 621 g/mol. The number of pyridine rings is 1. The first-order chi connectivity index (χ1) is 21.8. The number of nitrogens with one attached hydrogen (secondary N) is 2. The maximum atomic E-state index is 15.3. The van der Waals surface area contributed by atoms with Gasteiger partial charge < -0.3 is 30.6 Å². The van der Waals surface area contributed by atoms with Crippen molar-refractivity contribution in [3.63, 3.8) is 0 Å². The normalized spacial score (nSPS) is 22.3. The second kappa shape index (κ2) is 13.4. The second-order valence-corrected chi connectivity index (χ2v) is 11.8. The second-order valence-electron chi connectivity index (χ2n) is 11.8. The average Bonchev–Trinajstić information content (AvgIpc) is 3.43. The van der Waals surface area contributed by atoms with Crippen molar-refractivity contribution in [1.82, 2.24) is 24.9 Å². The van der Waals surface area contributed by atoms with Gasteiger partial charge in [0.1, 0.15) is 11.6 Å². The molecule has 238 valence electrons. The average molecular weight is 622 g/mol. The molecule has 4 atom stereocenters. The third kappa shape index (κ3) is 6.75. The van der Waals surface area contributed by atoms with Gasteiger partial charge in [-0.1, -0.05) is 6.92 Å². The SMILES string of the molecule is COC(=O)NC1C(C)CC(c2ccncc2Nc2ncc3ccc(-c4c(F)cc(COC5CCOCC5)cc4F)nn23)CC1N. The molecule has 11 nitrogen and oxygen atoms in total. The number of nitrogens with two attached hydrogens (primary N) is 1. The lowest BCUT2D eigenvalue weighted by Gasteiger charge is -2.39. The van der Waals surface area contributed by atoms with E-state index in [0.29, 0.717) is 42.4 Å². The van der Waals surface area contributed by atoms with E-state index in [0.717, 1.165) is 24.8 Å². The van der Waals surface area contributed by atoms with Crippen molar-refractivity contribution in [1.29, 1.82) is 0 Å².